The van der Waals surface area contributed by atoms with E-state index in [1.807, 2.05) is 31.2 Å². The predicted octanol–water partition coefficient (Wildman–Crippen LogP) is 3.30. The maximum Gasteiger partial charge on any atom is 0.312 e. The van der Waals surface area contributed by atoms with E-state index in [0.29, 0.717) is 18.5 Å². The molecule has 1 N–H and O–H groups in total. The molecule has 3 fully saturated rings. The zero-order valence-electron chi connectivity index (χ0n) is 23.5. The second-order valence-electron chi connectivity index (χ2n) is 10.5. The Kier molecular flexibility index (Phi) is 9.42. The van der Waals surface area contributed by atoms with E-state index in [-0.39, 0.29) is 36.4 Å². The van der Waals surface area contributed by atoms with Crippen molar-refractivity contribution in [1.29, 1.82) is 0 Å². The first-order valence-electron chi connectivity index (χ1n) is 14.0. The summed E-state index contributed by atoms with van der Waals surface area (Å²) in [6.45, 7) is 15.1. The fraction of sp³-hybridized carbons (Fsp3) is 0.567. The third-order valence-electron chi connectivity index (χ3n) is 8.52. The molecular weight excluding hydrogens is 578 g/mol. The summed E-state index contributed by atoms with van der Waals surface area (Å²) in [5, 5.41) is 10.3. The molecule has 1 spiro atoms. The number of rotatable bonds is 13. The van der Waals surface area contributed by atoms with E-state index < -0.39 is 41.6 Å². The largest absolute Gasteiger partial charge is 0.461 e. The predicted molar refractivity (Wildman–Crippen MR) is 157 cm³/mol. The van der Waals surface area contributed by atoms with Crippen LogP contribution in [0.25, 0.3) is 0 Å². The van der Waals surface area contributed by atoms with E-state index in [1.165, 1.54) is 11.0 Å². The van der Waals surface area contributed by atoms with Crippen LogP contribution in [0.2, 0.25) is 0 Å². The Morgan fingerprint density at radius 3 is 2.40 bits per heavy atom. The molecule has 1 aromatic carbocycles. The lowest BCUT2D eigenvalue weighted by atomic mass is 9.70. The maximum atomic E-state index is 14.6. The van der Waals surface area contributed by atoms with E-state index >= 15 is 0 Å². The van der Waals surface area contributed by atoms with Crippen molar-refractivity contribution in [2.24, 2.45) is 11.8 Å². The zero-order chi connectivity index (χ0) is 29.2. The van der Waals surface area contributed by atoms with Gasteiger partial charge >= 0.3 is 5.97 Å². The van der Waals surface area contributed by atoms with Gasteiger partial charge in [-0.1, -0.05) is 41.6 Å². The third kappa shape index (κ3) is 4.88. The number of nitrogens with zero attached hydrogens (tertiary/aromatic N) is 3. The van der Waals surface area contributed by atoms with Crippen molar-refractivity contribution in [2.45, 2.75) is 62.2 Å². The molecule has 0 aliphatic carbocycles. The summed E-state index contributed by atoms with van der Waals surface area (Å²) in [7, 11) is 0. The monoisotopic (exact) mass is 617 g/mol. The molecular formula is C30H40BrN3O6. The third-order valence-corrected chi connectivity index (χ3v) is 9.36. The molecule has 0 radical (unpaired) electrons. The molecule has 3 saturated heterocycles. The molecule has 3 aliphatic rings. The molecule has 2 bridgehead atoms. The minimum atomic E-state index is -1.24. The topological polar surface area (TPSA) is 99.6 Å². The van der Waals surface area contributed by atoms with Crippen LogP contribution in [0.15, 0.2) is 49.6 Å². The number of alkyl halides is 1. The number of aliphatic hydroxyl groups is 1. The van der Waals surface area contributed by atoms with Gasteiger partial charge in [0.05, 0.1) is 30.6 Å². The first-order chi connectivity index (χ1) is 19.2. The first kappa shape index (κ1) is 30.3. The van der Waals surface area contributed by atoms with Gasteiger partial charge < -0.3 is 29.3 Å². The normalized spacial score (nSPS) is 29.2. The molecule has 10 heteroatoms. The number of esters is 1. The van der Waals surface area contributed by atoms with Crippen LogP contribution in [0, 0.1) is 11.8 Å². The Balaban J connectivity index is 1.78. The molecule has 218 valence electrons. The highest BCUT2D eigenvalue weighted by Gasteiger charge is 2.77. The second-order valence-corrected chi connectivity index (χ2v) is 11.7. The van der Waals surface area contributed by atoms with E-state index in [0.717, 1.165) is 18.8 Å². The Morgan fingerprint density at radius 2 is 1.85 bits per heavy atom. The van der Waals surface area contributed by atoms with Gasteiger partial charge in [-0.05, 0) is 51.0 Å². The highest BCUT2D eigenvalue weighted by molar-refractivity contribution is 9.09. The molecule has 1 aromatic rings. The molecule has 4 rings (SSSR count). The summed E-state index contributed by atoms with van der Waals surface area (Å²) in [5.41, 5.74) is 0.465. The van der Waals surface area contributed by atoms with Crippen LogP contribution in [0.4, 0.5) is 11.4 Å². The van der Waals surface area contributed by atoms with Gasteiger partial charge in [0, 0.05) is 35.8 Å². The van der Waals surface area contributed by atoms with Crippen LogP contribution in [0.1, 0.15) is 33.6 Å². The van der Waals surface area contributed by atoms with Gasteiger partial charge in [0.1, 0.15) is 18.2 Å². The Morgan fingerprint density at radius 1 is 1.20 bits per heavy atom. The van der Waals surface area contributed by atoms with E-state index in [9.17, 15) is 19.5 Å². The van der Waals surface area contributed by atoms with E-state index in [1.54, 1.807) is 11.0 Å². The van der Waals surface area contributed by atoms with Crippen LogP contribution >= 0.6 is 15.9 Å². The van der Waals surface area contributed by atoms with Crippen LogP contribution < -0.4 is 9.80 Å². The van der Waals surface area contributed by atoms with Gasteiger partial charge in [-0.15, -0.1) is 6.58 Å². The van der Waals surface area contributed by atoms with Gasteiger partial charge in [0.2, 0.25) is 5.91 Å². The van der Waals surface area contributed by atoms with Crippen molar-refractivity contribution in [3.63, 3.8) is 0 Å². The number of amides is 2. The molecule has 3 heterocycles. The van der Waals surface area contributed by atoms with Gasteiger partial charge in [-0.25, -0.2) is 0 Å². The molecule has 2 amide bonds. The molecule has 7 atom stereocenters. The van der Waals surface area contributed by atoms with Gasteiger partial charge in [-0.2, -0.15) is 0 Å². The van der Waals surface area contributed by atoms with Crippen molar-refractivity contribution < 1.29 is 29.0 Å². The number of hydrogen-bond donors (Lipinski definition) is 1. The molecule has 0 aromatic heterocycles. The second kappa shape index (κ2) is 12.4. The van der Waals surface area contributed by atoms with E-state index in [4.69, 9.17) is 9.47 Å². The number of hydrogen-bond acceptors (Lipinski definition) is 7. The summed E-state index contributed by atoms with van der Waals surface area (Å²) < 4.78 is 11.9. The lowest BCUT2D eigenvalue weighted by molar-refractivity contribution is -0.154. The van der Waals surface area contributed by atoms with Crippen LogP contribution in [0.5, 0.6) is 0 Å². The molecule has 3 unspecified atom stereocenters. The Bertz CT molecular complexity index is 1120. The van der Waals surface area contributed by atoms with Gasteiger partial charge in [0.25, 0.3) is 5.91 Å². The summed E-state index contributed by atoms with van der Waals surface area (Å²) >= 11 is 3.66. The SMILES string of the molecule is C=CCOC(=O)[C@H]1[C@H]2C(=O)N([C@@H](CC)CO)C(C(=O)N(CC=C)c3ccc(N(CC)CC)cc3)C23CC(Br)[C@@H]1O3. The Hall–Kier alpha value is -2.69. The first-order valence-corrected chi connectivity index (χ1v) is 15.0. The number of anilines is 2. The van der Waals surface area contributed by atoms with Crippen molar-refractivity contribution in [3.05, 3.63) is 49.6 Å². The van der Waals surface area contributed by atoms with Crippen molar-refractivity contribution in [1.82, 2.24) is 4.90 Å². The number of benzene rings is 1. The van der Waals surface area contributed by atoms with Gasteiger partial charge in [0.15, 0.2) is 0 Å². The van der Waals surface area contributed by atoms with Crippen molar-refractivity contribution in [2.75, 3.05) is 42.6 Å². The van der Waals surface area contributed by atoms with E-state index in [2.05, 4.69) is 47.8 Å². The van der Waals surface area contributed by atoms with Crippen LogP contribution in [-0.4, -0.2) is 89.3 Å². The van der Waals surface area contributed by atoms with Crippen molar-refractivity contribution in [3.8, 4) is 0 Å². The molecule has 3 aliphatic heterocycles. The standard InChI is InChI=1S/C30H40BrN3O6/c1-6-15-33(21-13-11-20(12-14-21)32(9-4)10-5)28(37)26-30-17-22(31)25(40-30)23(29(38)39-16-7-2)24(30)27(36)34(26)19(8-3)18-35/h6-7,11-14,19,22-26,35H,1-2,8-10,15-18H2,3-5H3/t19-,22?,23-,24-,25-,26?,30?/m0/s1. The number of halogens is 1. The minimum Gasteiger partial charge on any atom is -0.461 e. The molecule has 40 heavy (non-hydrogen) atoms. The number of fused-ring (bicyclic) bond motifs is 1. The summed E-state index contributed by atoms with van der Waals surface area (Å²) in [6.07, 6.45) is 3.31. The minimum absolute atomic E-state index is 0.0137. The number of likely N-dealkylation sites (tertiary alicyclic amines) is 1. The van der Waals surface area contributed by atoms with Gasteiger partial charge in [-0.3, -0.25) is 14.4 Å². The number of aliphatic hydroxyl groups excluding tert-OH is 1. The highest BCUT2D eigenvalue weighted by Crippen LogP contribution is 2.60. The number of ether oxygens (including phenoxy) is 2. The molecule has 0 saturated carbocycles. The van der Waals surface area contributed by atoms with Crippen molar-refractivity contribution >= 4 is 45.1 Å². The summed E-state index contributed by atoms with van der Waals surface area (Å²) in [6, 6.07) is 6.09. The lowest BCUT2D eigenvalue weighted by Gasteiger charge is -2.39. The lowest BCUT2D eigenvalue weighted by Crippen LogP contribution is -2.59. The average Bonchev–Trinajstić information content (AvgIpc) is 3.55. The fourth-order valence-corrected chi connectivity index (χ4v) is 7.63. The number of carbonyl (C=O) groups is 3. The Labute approximate surface area is 244 Å². The smallest absolute Gasteiger partial charge is 0.312 e. The van der Waals surface area contributed by atoms with Crippen LogP contribution in [0.3, 0.4) is 0 Å². The number of carbonyl (C=O) groups excluding carboxylic acids is 3. The summed E-state index contributed by atoms with van der Waals surface area (Å²) in [4.78, 5) is 47.0. The summed E-state index contributed by atoms with van der Waals surface area (Å²) in [5.74, 6) is -3.01. The zero-order valence-corrected chi connectivity index (χ0v) is 25.1. The molecule has 9 nitrogen and oxygen atoms in total. The highest BCUT2D eigenvalue weighted by atomic mass is 79.9. The van der Waals surface area contributed by atoms with Crippen LogP contribution in [-0.2, 0) is 23.9 Å². The maximum absolute atomic E-state index is 14.6. The average molecular weight is 619 g/mol. The fourth-order valence-electron chi connectivity index (χ4n) is 6.69. The quantitative estimate of drug-likeness (QED) is 0.206.